The van der Waals surface area contributed by atoms with Gasteiger partial charge in [-0.25, -0.2) is 0 Å². The highest BCUT2D eigenvalue weighted by atomic mass is 35.5. The normalized spacial score (nSPS) is 14.8. The zero-order valence-corrected chi connectivity index (χ0v) is 11.0. The number of rotatable bonds is 5. The first-order chi connectivity index (χ1) is 7.54. The maximum atomic E-state index is 9.46. The molecule has 1 aromatic rings. The maximum absolute atomic E-state index is 9.46. The first kappa shape index (κ1) is 13.8. The van der Waals surface area contributed by atoms with E-state index in [1.807, 2.05) is 19.9 Å². The Balaban J connectivity index is 2.65. The van der Waals surface area contributed by atoms with Crippen LogP contribution in [0, 0.1) is 0 Å². The lowest BCUT2D eigenvalue weighted by atomic mass is 10.1. The van der Waals surface area contributed by atoms with E-state index in [1.54, 1.807) is 12.1 Å². The van der Waals surface area contributed by atoms with Gasteiger partial charge in [-0.05, 0) is 37.1 Å². The predicted molar refractivity (Wildman–Crippen MR) is 69.2 cm³/mol. The topological polar surface area (TPSA) is 32.3 Å². The van der Waals surface area contributed by atoms with Crippen LogP contribution in [0.4, 0.5) is 0 Å². The Morgan fingerprint density at radius 3 is 2.69 bits per heavy atom. The number of nitrogens with one attached hydrogen (secondary N) is 1. The Bertz CT molecular complexity index is 344. The van der Waals surface area contributed by atoms with E-state index < -0.39 is 0 Å². The van der Waals surface area contributed by atoms with Gasteiger partial charge in [0.05, 0.1) is 6.10 Å². The molecule has 1 aromatic carbocycles. The zero-order valence-electron chi connectivity index (χ0n) is 9.50. The summed E-state index contributed by atoms with van der Waals surface area (Å²) >= 11 is 12.0. The fraction of sp³-hybridized carbons (Fsp3) is 0.500. The third-order valence-corrected chi connectivity index (χ3v) is 3.13. The molecule has 90 valence electrons. The molecular formula is C12H17Cl2NO. The van der Waals surface area contributed by atoms with Crippen LogP contribution in [-0.2, 0) is 0 Å². The standard InChI is InChI=1S/C12H17Cl2NO/c1-3-10(16)7-15-8(2)11-6-9(13)4-5-12(11)14/h4-6,8,10,15-16H,3,7H2,1-2H3. The van der Waals surface area contributed by atoms with Gasteiger partial charge in [0.25, 0.3) is 0 Å². The third kappa shape index (κ3) is 3.95. The van der Waals surface area contributed by atoms with E-state index in [9.17, 15) is 5.11 Å². The molecule has 0 saturated heterocycles. The van der Waals surface area contributed by atoms with Crippen molar-refractivity contribution < 1.29 is 5.11 Å². The van der Waals surface area contributed by atoms with Crippen molar-refractivity contribution >= 4 is 23.2 Å². The van der Waals surface area contributed by atoms with Crippen molar-refractivity contribution in [3.8, 4) is 0 Å². The molecule has 0 spiro atoms. The molecule has 0 radical (unpaired) electrons. The average Bonchev–Trinajstić information content (AvgIpc) is 2.28. The molecule has 0 aromatic heterocycles. The molecule has 0 bridgehead atoms. The Hall–Kier alpha value is -0.280. The smallest absolute Gasteiger partial charge is 0.0662 e. The summed E-state index contributed by atoms with van der Waals surface area (Å²) in [7, 11) is 0. The lowest BCUT2D eigenvalue weighted by molar-refractivity contribution is 0.164. The molecule has 0 heterocycles. The van der Waals surface area contributed by atoms with Gasteiger partial charge in [-0.3, -0.25) is 0 Å². The molecule has 2 nitrogen and oxygen atoms in total. The second-order valence-corrected chi connectivity index (χ2v) is 4.70. The SMILES string of the molecule is CCC(O)CNC(C)c1cc(Cl)ccc1Cl. The lowest BCUT2D eigenvalue weighted by Gasteiger charge is -2.18. The van der Waals surface area contributed by atoms with Crippen LogP contribution in [0.2, 0.25) is 10.0 Å². The van der Waals surface area contributed by atoms with Crippen LogP contribution in [0.1, 0.15) is 31.9 Å². The summed E-state index contributed by atoms with van der Waals surface area (Å²) in [6, 6.07) is 5.47. The number of aliphatic hydroxyl groups is 1. The van der Waals surface area contributed by atoms with E-state index in [0.29, 0.717) is 16.6 Å². The van der Waals surface area contributed by atoms with Gasteiger partial charge in [0.15, 0.2) is 0 Å². The van der Waals surface area contributed by atoms with Gasteiger partial charge < -0.3 is 10.4 Å². The van der Waals surface area contributed by atoms with Gasteiger partial charge >= 0.3 is 0 Å². The highest BCUT2D eigenvalue weighted by Crippen LogP contribution is 2.26. The molecule has 0 amide bonds. The molecule has 2 atom stereocenters. The van der Waals surface area contributed by atoms with E-state index in [1.165, 1.54) is 0 Å². The molecule has 1 rings (SSSR count). The quantitative estimate of drug-likeness (QED) is 0.852. The van der Waals surface area contributed by atoms with Crippen molar-refractivity contribution in [2.45, 2.75) is 32.4 Å². The van der Waals surface area contributed by atoms with Gasteiger partial charge in [0.2, 0.25) is 0 Å². The molecule has 0 aliphatic rings. The molecule has 0 saturated carbocycles. The van der Waals surface area contributed by atoms with E-state index in [-0.39, 0.29) is 12.1 Å². The summed E-state index contributed by atoms with van der Waals surface area (Å²) in [5.41, 5.74) is 0.956. The number of aliphatic hydroxyl groups excluding tert-OH is 1. The second kappa shape index (κ2) is 6.45. The van der Waals surface area contributed by atoms with Gasteiger partial charge in [-0.1, -0.05) is 30.1 Å². The zero-order chi connectivity index (χ0) is 12.1. The molecule has 0 aliphatic heterocycles. The first-order valence-corrected chi connectivity index (χ1v) is 6.16. The Labute approximate surface area is 107 Å². The summed E-state index contributed by atoms with van der Waals surface area (Å²) in [5.74, 6) is 0. The molecule has 16 heavy (non-hydrogen) atoms. The average molecular weight is 262 g/mol. The van der Waals surface area contributed by atoms with E-state index in [0.717, 1.165) is 12.0 Å². The second-order valence-electron chi connectivity index (χ2n) is 3.86. The van der Waals surface area contributed by atoms with Crippen LogP contribution in [0.3, 0.4) is 0 Å². The minimum absolute atomic E-state index is 0.0763. The Morgan fingerprint density at radius 1 is 1.38 bits per heavy atom. The Kier molecular flexibility index (Phi) is 5.56. The monoisotopic (exact) mass is 261 g/mol. The number of hydrogen-bond donors (Lipinski definition) is 2. The largest absolute Gasteiger partial charge is 0.392 e. The summed E-state index contributed by atoms with van der Waals surface area (Å²) in [5, 5.41) is 14.0. The van der Waals surface area contributed by atoms with Crippen molar-refractivity contribution in [2.75, 3.05) is 6.54 Å². The van der Waals surface area contributed by atoms with Gasteiger partial charge in [-0.15, -0.1) is 0 Å². The molecule has 2 unspecified atom stereocenters. The molecule has 0 aliphatic carbocycles. The van der Waals surface area contributed by atoms with Gasteiger partial charge in [0, 0.05) is 22.6 Å². The van der Waals surface area contributed by atoms with Crippen molar-refractivity contribution in [2.24, 2.45) is 0 Å². The van der Waals surface area contributed by atoms with Crippen molar-refractivity contribution in [3.05, 3.63) is 33.8 Å². The first-order valence-electron chi connectivity index (χ1n) is 5.41. The molecule has 0 fully saturated rings. The van der Waals surface area contributed by atoms with Gasteiger partial charge in [0.1, 0.15) is 0 Å². The Morgan fingerprint density at radius 2 is 2.06 bits per heavy atom. The third-order valence-electron chi connectivity index (χ3n) is 2.56. The summed E-state index contributed by atoms with van der Waals surface area (Å²) in [6.07, 6.45) is 0.420. The number of halogens is 2. The van der Waals surface area contributed by atoms with Crippen molar-refractivity contribution in [3.63, 3.8) is 0 Å². The highest BCUT2D eigenvalue weighted by Gasteiger charge is 2.11. The van der Waals surface area contributed by atoms with Crippen LogP contribution in [0.5, 0.6) is 0 Å². The van der Waals surface area contributed by atoms with Crippen LogP contribution in [0.15, 0.2) is 18.2 Å². The maximum Gasteiger partial charge on any atom is 0.0662 e. The van der Waals surface area contributed by atoms with Crippen molar-refractivity contribution in [1.82, 2.24) is 5.32 Å². The predicted octanol–water partition coefficient (Wildman–Crippen LogP) is 3.41. The fourth-order valence-electron chi connectivity index (χ4n) is 1.41. The van der Waals surface area contributed by atoms with Crippen LogP contribution >= 0.6 is 23.2 Å². The van der Waals surface area contributed by atoms with Crippen LogP contribution < -0.4 is 5.32 Å². The molecular weight excluding hydrogens is 245 g/mol. The van der Waals surface area contributed by atoms with Crippen LogP contribution in [-0.4, -0.2) is 17.8 Å². The van der Waals surface area contributed by atoms with E-state index >= 15 is 0 Å². The molecule has 4 heteroatoms. The fourth-order valence-corrected chi connectivity index (χ4v) is 1.88. The van der Waals surface area contributed by atoms with Crippen molar-refractivity contribution in [1.29, 1.82) is 0 Å². The summed E-state index contributed by atoms with van der Waals surface area (Å²) in [4.78, 5) is 0. The number of hydrogen-bond acceptors (Lipinski definition) is 2. The highest BCUT2D eigenvalue weighted by molar-refractivity contribution is 6.33. The number of benzene rings is 1. The minimum Gasteiger partial charge on any atom is -0.392 e. The summed E-state index contributed by atoms with van der Waals surface area (Å²) < 4.78 is 0. The lowest BCUT2D eigenvalue weighted by Crippen LogP contribution is -2.28. The van der Waals surface area contributed by atoms with E-state index in [4.69, 9.17) is 23.2 Å². The van der Waals surface area contributed by atoms with Crippen LogP contribution in [0.25, 0.3) is 0 Å². The molecule has 2 N–H and O–H groups in total. The van der Waals surface area contributed by atoms with E-state index in [2.05, 4.69) is 5.32 Å². The van der Waals surface area contributed by atoms with Gasteiger partial charge in [-0.2, -0.15) is 0 Å². The minimum atomic E-state index is -0.319. The summed E-state index contributed by atoms with van der Waals surface area (Å²) in [6.45, 7) is 4.50.